The number of nitrogens with zero attached hydrogens (tertiary/aromatic N) is 2. The van der Waals surface area contributed by atoms with Crippen molar-refractivity contribution in [2.45, 2.75) is 45.1 Å². The van der Waals surface area contributed by atoms with Crippen LogP contribution < -0.4 is 5.32 Å². The van der Waals surface area contributed by atoms with Gasteiger partial charge in [-0.3, -0.25) is 9.69 Å². The summed E-state index contributed by atoms with van der Waals surface area (Å²) in [4.78, 5) is 16.6. The molecule has 0 aromatic rings. The SMILES string of the molecule is CCC1CCCCC1N(C)CC(=O)N1CCNCC1. The average molecular weight is 267 g/mol. The molecule has 2 aliphatic rings. The minimum atomic E-state index is 0.310. The number of carbonyl (C=O) groups excluding carboxylic acids is 1. The Labute approximate surface area is 117 Å². The minimum absolute atomic E-state index is 0.310. The van der Waals surface area contributed by atoms with Crippen LogP contribution in [0, 0.1) is 5.92 Å². The Hall–Kier alpha value is -0.610. The van der Waals surface area contributed by atoms with Crippen LogP contribution in [0.15, 0.2) is 0 Å². The zero-order chi connectivity index (χ0) is 13.7. The maximum absolute atomic E-state index is 12.3. The Morgan fingerprint density at radius 1 is 1.26 bits per heavy atom. The number of hydrogen-bond acceptors (Lipinski definition) is 3. The molecular formula is C15H29N3O. The highest BCUT2D eigenvalue weighted by atomic mass is 16.2. The van der Waals surface area contributed by atoms with Gasteiger partial charge in [0.05, 0.1) is 6.54 Å². The predicted octanol–water partition coefficient (Wildman–Crippen LogP) is 1.32. The second-order valence-electron chi connectivity index (χ2n) is 6.07. The van der Waals surface area contributed by atoms with E-state index in [1.807, 2.05) is 4.90 Å². The second kappa shape index (κ2) is 7.25. The van der Waals surface area contributed by atoms with Crippen LogP contribution in [0.25, 0.3) is 0 Å². The number of piperazine rings is 1. The standard InChI is InChI=1S/C15H29N3O/c1-3-13-6-4-5-7-14(13)17(2)12-15(19)18-10-8-16-9-11-18/h13-14,16H,3-12H2,1-2H3. The molecule has 2 fully saturated rings. The molecule has 0 spiro atoms. The highest BCUT2D eigenvalue weighted by Gasteiger charge is 2.29. The molecule has 4 heteroatoms. The van der Waals surface area contributed by atoms with Gasteiger partial charge in [-0.25, -0.2) is 0 Å². The van der Waals surface area contributed by atoms with Crippen LogP contribution in [0.1, 0.15) is 39.0 Å². The van der Waals surface area contributed by atoms with E-state index in [-0.39, 0.29) is 0 Å². The van der Waals surface area contributed by atoms with Crippen molar-refractivity contribution in [1.82, 2.24) is 15.1 Å². The van der Waals surface area contributed by atoms with E-state index in [9.17, 15) is 4.79 Å². The molecular weight excluding hydrogens is 238 g/mol. The molecule has 110 valence electrons. The fourth-order valence-electron chi connectivity index (χ4n) is 3.59. The first-order valence-corrected chi connectivity index (χ1v) is 7.91. The first kappa shape index (κ1) is 14.8. The van der Waals surface area contributed by atoms with E-state index >= 15 is 0 Å². The molecule has 1 saturated carbocycles. The number of nitrogens with one attached hydrogen (secondary N) is 1. The molecule has 1 aliphatic heterocycles. The molecule has 0 aromatic carbocycles. The van der Waals surface area contributed by atoms with Gasteiger partial charge in [0.1, 0.15) is 0 Å². The van der Waals surface area contributed by atoms with Crippen molar-refractivity contribution < 1.29 is 4.79 Å². The van der Waals surface area contributed by atoms with E-state index in [0.29, 0.717) is 18.5 Å². The first-order valence-electron chi connectivity index (χ1n) is 7.91. The maximum Gasteiger partial charge on any atom is 0.236 e. The van der Waals surface area contributed by atoms with Gasteiger partial charge in [-0.05, 0) is 25.8 Å². The summed E-state index contributed by atoms with van der Waals surface area (Å²) >= 11 is 0. The Morgan fingerprint density at radius 2 is 1.95 bits per heavy atom. The van der Waals surface area contributed by atoms with Crippen LogP contribution in [0.4, 0.5) is 0 Å². The zero-order valence-corrected chi connectivity index (χ0v) is 12.5. The van der Waals surface area contributed by atoms with Gasteiger partial charge >= 0.3 is 0 Å². The third-order valence-electron chi connectivity index (χ3n) is 4.81. The monoisotopic (exact) mass is 267 g/mol. The summed E-state index contributed by atoms with van der Waals surface area (Å²) < 4.78 is 0. The Morgan fingerprint density at radius 3 is 2.63 bits per heavy atom. The summed E-state index contributed by atoms with van der Waals surface area (Å²) in [6.45, 7) is 6.51. The highest BCUT2D eigenvalue weighted by Crippen LogP contribution is 2.29. The van der Waals surface area contributed by atoms with Gasteiger partial charge in [-0.15, -0.1) is 0 Å². The van der Waals surface area contributed by atoms with Gasteiger partial charge in [0.2, 0.25) is 5.91 Å². The topological polar surface area (TPSA) is 35.6 Å². The van der Waals surface area contributed by atoms with Crippen molar-refractivity contribution in [3.05, 3.63) is 0 Å². The number of rotatable bonds is 4. The lowest BCUT2D eigenvalue weighted by Gasteiger charge is -2.38. The number of hydrogen-bond donors (Lipinski definition) is 1. The van der Waals surface area contributed by atoms with Crippen LogP contribution in [-0.2, 0) is 4.79 Å². The lowest BCUT2D eigenvalue weighted by Crippen LogP contribution is -2.51. The van der Waals surface area contributed by atoms with E-state index in [2.05, 4.69) is 24.2 Å². The summed E-state index contributed by atoms with van der Waals surface area (Å²) in [5, 5.41) is 3.29. The summed E-state index contributed by atoms with van der Waals surface area (Å²) in [6.07, 6.45) is 6.55. The van der Waals surface area contributed by atoms with Crippen LogP contribution >= 0.6 is 0 Å². The smallest absolute Gasteiger partial charge is 0.236 e. The van der Waals surface area contributed by atoms with Crippen molar-refractivity contribution >= 4 is 5.91 Å². The van der Waals surface area contributed by atoms with Crippen molar-refractivity contribution in [3.63, 3.8) is 0 Å². The average Bonchev–Trinajstić information content (AvgIpc) is 2.48. The van der Waals surface area contributed by atoms with Crippen LogP contribution in [0.3, 0.4) is 0 Å². The van der Waals surface area contributed by atoms with E-state index in [1.165, 1.54) is 32.1 Å². The zero-order valence-electron chi connectivity index (χ0n) is 12.5. The fraction of sp³-hybridized carbons (Fsp3) is 0.933. The van der Waals surface area contributed by atoms with Crippen LogP contribution in [0.5, 0.6) is 0 Å². The number of carbonyl (C=O) groups is 1. The van der Waals surface area contributed by atoms with Gasteiger partial charge in [0.25, 0.3) is 0 Å². The Bertz CT molecular complexity index is 289. The minimum Gasteiger partial charge on any atom is -0.339 e. The van der Waals surface area contributed by atoms with Gasteiger partial charge < -0.3 is 10.2 Å². The number of amides is 1. The molecule has 1 N–H and O–H groups in total. The summed E-state index contributed by atoms with van der Waals surface area (Å²) in [7, 11) is 2.14. The largest absolute Gasteiger partial charge is 0.339 e. The molecule has 2 rings (SSSR count). The molecule has 1 saturated heterocycles. The normalized spacial score (nSPS) is 28.7. The Kier molecular flexibility index (Phi) is 5.64. The molecule has 19 heavy (non-hydrogen) atoms. The summed E-state index contributed by atoms with van der Waals surface area (Å²) in [6, 6.07) is 0.616. The van der Waals surface area contributed by atoms with Gasteiger partial charge in [0.15, 0.2) is 0 Å². The van der Waals surface area contributed by atoms with Crippen LogP contribution in [-0.4, -0.2) is 61.5 Å². The Balaban J connectivity index is 1.84. The summed E-state index contributed by atoms with van der Waals surface area (Å²) in [5.41, 5.74) is 0. The molecule has 4 nitrogen and oxygen atoms in total. The van der Waals surface area contributed by atoms with E-state index in [1.54, 1.807) is 0 Å². The van der Waals surface area contributed by atoms with E-state index in [4.69, 9.17) is 0 Å². The molecule has 1 heterocycles. The summed E-state index contributed by atoms with van der Waals surface area (Å²) in [5.74, 6) is 1.10. The predicted molar refractivity (Wildman–Crippen MR) is 78.1 cm³/mol. The van der Waals surface area contributed by atoms with Crippen molar-refractivity contribution in [2.24, 2.45) is 5.92 Å². The van der Waals surface area contributed by atoms with Crippen molar-refractivity contribution in [2.75, 3.05) is 39.8 Å². The van der Waals surface area contributed by atoms with Gasteiger partial charge in [-0.2, -0.15) is 0 Å². The molecule has 0 bridgehead atoms. The molecule has 2 unspecified atom stereocenters. The van der Waals surface area contributed by atoms with Crippen molar-refractivity contribution in [3.8, 4) is 0 Å². The highest BCUT2D eigenvalue weighted by molar-refractivity contribution is 5.78. The van der Waals surface area contributed by atoms with Crippen LogP contribution in [0.2, 0.25) is 0 Å². The third kappa shape index (κ3) is 3.93. The molecule has 1 aliphatic carbocycles. The van der Waals surface area contributed by atoms with Crippen molar-refractivity contribution in [1.29, 1.82) is 0 Å². The van der Waals surface area contributed by atoms with E-state index in [0.717, 1.165) is 32.1 Å². The lowest BCUT2D eigenvalue weighted by molar-refractivity contribution is -0.133. The quantitative estimate of drug-likeness (QED) is 0.834. The number of likely N-dealkylation sites (N-methyl/N-ethyl adjacent to an activating group) is 1. The second-order valence-corrected chi connectivity index (χ2v) is 6.07. The van der Waals surface area contributed by atoms with Gasteiger partial charge in [-0.1, -0.05) is 26.2 Å². The van der Waals surface area contributed by atoms with Gasteiger partial charge in [0, 0.05) is 32.2 Å². The molecule has 2 atom stereocenters. The maximum atomic E-state index is 12.3. The third-order valence-corrected chi connectivity index (χ3v) is 4.81. The first-order chi connectivity index (χ1) is 9.22. The van der Waals surface area contributed by atoms with E-state index < -0.39 is 0 Å². The molecule has 0 aromatic heterocycles. The lowest BCUT2D eigenvalue weighted by atomic mass is 9.82. The molecule has 0 radical (unpaired) electrons. The molecule has 1 amide bonds. The fourth-order valence-corrected chi connectivity index (χ4v) is 3.59.